The van der Waals surface area contributed by atoms with Gasteiger partial charge in [-0.2, -0.15) is 0 Å². The van der Waals surface area contributed by atoms with Crippen LogP contribution < -0.4 is 0 Å². The number of rotatable bonds is 0. The van der Waals surface area contributed by atoms with Gasteiger partial charge in [0.05, 0.1) is 11.7 Å². The predicted octanol–water partition coefficient (Wildman–Crippen LogP) is 4.92. The Morgan fingerprint density at radius 2 is 1.68 bits per heavy atom. The van der Waals surface area contributed by atoms with E-state index in [2.05, 4.69) is 0 Å². The molecule has 1 aliphatic heterocycles. The molecule has 0 amide bonds. The molecule has 0 fully saturated rings. The van der Waals surface area contributed by atoms with Gasteiger partial charge in [-0.25, -0.2) is 4.79 Å². The van der Waals surface area contributed by atoms with Crippen LogP contribution >= 0.6 is 0 Å². The number of ether oxygens (including phenoxy) is 1. The van der Waals surface area contributed by atoms with Crippen molar-refractivity contribution < 1.29 is 14.6 Å². The molecule has 2 rings (SSSR count). The number of aryl methyl sites for hydroxylation is 2. The van der Waals surface area contributed by atoms with Crippen molar-refractivity contribution in [1.29, 1.82) is 0 Å². The topological polar surface area (TPSA) is 46.5 Å². The zero-order valence-electron chi connectivity index (χ0n) is 13.9. The smallest absolute Gasteiger partial charge is 0.338 e. The van der Waals surface area contributed by atoms with Gasteiger partial charge < -0.3 is 9.84 Å². The number of esters is 1. The Kier molecular flexibility index (Phi) is 6.29. The lowest BCUT2D eigenvalue weighted by atomic mass is 9.96. The van der Waals surface area contributed by atoms with E-state index in [0.29, 0.717) is 5.56 Å². The quantitative estimate of drug-likeness (QED) is 0.692. The standard InChI is InChI=1S/C19H28O3/c1-14-12-17(20)13-16-11-9-7-5-3-4-6-8-10-15(2)22-19(21)18(14)16/h12-13,15,20H,3-11H2,1-2H3. The van der Waals surface area contributed by atoms with Crippen LogP contribution in [0.1, 0.15) is 79.8 Å². The summed E-state index contributed by atoms with van der Waals surface area (Å²) >= 11 is 0. The van der Waals surface area contributed by atoms with Crippen LogP contribution in [-0.4, -0.2) is 17.2 Å². The fourth-order valence-corrected chi connectivity index (χ4v) is 3.26. The molecule has 1 aliphatic rings. The molecule has 0 saturated carbocycles. The van der Waals surface area contributed by atoms with Gasteiger partial charge in [-0.15, -0.1) is 0 Å². The Hall–Kier alpha value is -1.51. The summed E-state index contributed by atoms with van der Waals surface area (Å²) in [6, 6.07) is 3.37. The summed E-state index contributed by atoms with van der Waals surface area (Å²) in [5, 5.41) is 9.83. The molecule has 122 valence electrons. The molecule has 3 nitrogen and oxygen atoms in total. The predicted molar refractivity (Wildman–Crippen MR) is 88.4 cm³/mol. The number of benzene rings is 1. The minimum atomic E-state index is -0.239. The number of carbonyl (C=O) groups is 1. The molecule has 1 aromatic carbocycles. The summed E-state index contributed by atoms with van der Waals surface area (Å²) in [6.07, 6.45) is 10.1. The number of phenolic OH excluding ortho intramolecular Hbond substituents is 1. The van der Waals surface area contributed by atoms with Crippen LogP contribution in [-0.2, 0) is 11.2 Å². The van der Waals surface area contributed by atoms with Gasteiger partial charge >= 0.3 is 5.97 Å². The van der Waals surface area contributed by atoms with E-state index in [0.717, 1.165) is 36.8 Å². The van der Waals surface area contributed by atoms with Crippen LogP contribution in [0.3, 0.4) is 0 Å². The molecular weight excluding hydrogens is 276 g/mol. The van der Waals surface area contributed by atoms with E-state index in [4.69, 9.17) is 4.74 Å². The SMILES string of the molecule is Cc1cc(O)cc2c1C(=O)OC(C)CCCCCCCCC2. The van der Waals surface area contributed by atoms with Gasteiger partial charge in [-0.05, 0) is 62.8 Å². The highest BCUT2D eigenvalue weighted by molar-refractivity contribution is 5.93. The second kappa shape index (κ2) is 8.21. The molecule has 0 spiro atoms. The van der Waals surface area contributed by atoms with Crippen molar-refractivity contribution in [3.8, 4) is 5.75 Å². The van der Waals surface area contributed by atoms with Crippen LogP contribution in [0, 0.1) is 6.92 Å². The van der Waals surface area contributed by atoms with E-state index in [-0.39, 0.29) is 17.8 Å². The molecule has 1 heterocycles. The van der Waals surface area contributed by atoms with Gasteiger partial charge in [0.2, 0.25) is 0 Å². The van der Waals surface area contributed by atoms with E-state index in [9.17, 15) is 9.90 Å². The second-order valence-corrected chi connectivity index (χ2v) is 6.53. The average Bonchev–Trinajstić information content (AvgIpc) is 2.43. The molecular formula is C19H28O3. The Morgan fingerprint density at radius 1 is 1.05 bits per heavy atom. The van der Waals surface area contributed by atoms with Crippen LogP contribution in [0.15, 0.2) is 12.1 Å². The summed E-state index contributed by atoms with van der Waals surface area (Å²) in [5.74, 6) is -0.00438. The highest BCUT2D eigenvalue weighted by Gasteiger charge is 2.19. The second-order valence-electron chi connectivity index (χ2n) is 6.53. The third kappa shape index (κ3) is 4.75. The fourth-order valence-electron chi connectivity index (χ4n) is 3.26. The molecule has 0 radical (unpaired) electrons. The molecule has 1 aromatic rings. The first kappa shape index (κ1) is 16.9. The summed E-state index contributed by atoms with van der Waals surface area (Å²) in [5.41, 5.74) is 2.38. The number of fused-ring (bicyclic) bond motifs is 1. The van der Waals surface area contributed by atoms with E-state index >= 15 is 0 Å². The number of aromatic hydroxyl groups is 1. The number of carbonyl (C=O) groups excluding carboxylic acids is 1. The molecule has 0 saturated heterocycles. The Labute approximate surface area is 133 Å². The lowest BCUT2D eigenvalue weighted by Gasteiger charge is -2.17. The lowest BCUT2D eigenvalue weighted by molar-refractivity contribution is 0.0317. The monoisotopic (exact) mass is 304 g/mol. The minimum Gasteiger partial charge on any atom is -0.508 e. The fraction of sp³-hybridized carbons (Fsp3) is 0.632. The van der Waals surface area contributed by atoms with Gasteiger partial charge in [0.15, 0.2) is 0 Å². The molecule has 22 heavy (non-hydrogen) atoms. The Balaban J connectivity index is 2.22. The van der Waals surface area contributed by atoms with Crippen molar-refractivity contribution in [2.24, 2.45) is 0 Å². The number of cyclic esters (lactones) is 1. The number of phenols is 1. The van der Waals surface area contributed by atoms with E-state index < -0.39 is 0 Å². The van der Waals surface area contributed by atoms with Gasteiger partial charge in [-0.1, -0.05) is 32.1 Å². The highest BCUT2D eigenvalue weighted by atomic mass is 16.5. The normalized spacial score (nSPS) is 21.5. The van der Waals surface area contributed by atoms with Crippen molar-refractivity contribution in [3.05, 3.63) is 28.8 Å². The number of hydrogen-bond acceptors (Lipinski definition) is 3. The maximum absolute atomic E-state index is 12.5. The maximum Gasteiger partial charge on any atom is 0.338 e. The van der Waals surface area contributed by atoms with Crippen molar-refractivity contribution in [2.45, 2.75) is 77.7 Å². The molecule has 3 heteroatoms. The highest BCUT2D eigenvalue weighted by Crippen LogP contribution is 2.25. The Bertz CT molecular complexity index is 508. The molecule has 1 unspecified atom stereocenters. The molecule has 1 N–H and O–H groups in total. The van der Waals surface area contributed by atoms with E-state index in [1.54, 1.807) is 12.1 Å². The van der Waals surface area contributed by atoms with Gasteiger partial charge in [0, 0.05) is 0 Å². The van der Waals surface area contributed by atoms with Crippen LogP contribution in [0.2, 0.25) is 0 Å². The van der Waals surface area contributed by atoms with Crippen LogP contribution in [0.5, 0.6) is 5.75 Å². The van der Waals surface area contributed by atoms with Crippen molar-refractivity contribution >= 4 is 5.97 Å². The van der Waals surface area contributed by atoms with Crippen LogP contribution in [0.25, 0.3) is 0 Å². The van der Waals surface area contributed by atoms with Gasteiger partial charge in [-0.3, -0.25) is 0 Å². The molecule has 0 aliphatic carbocycles. The summed E-state index contributed by atoms with van der Waals surface area (Å²) in [7, 11) is 0. The van der Waals surface area contributed by atoms with Crippen molar-refractivity contribution in [3.63, 3.8) is 0 Å². The third-order valence-electron chi connectivity index (χ3n) is 4.47. The molecule has 0 aromatic heterocycles. The number of hydrogen-bond donors (Lipinski definition) is 1. The zero-order valence-corrected chi connectivity index (χ0v) is 13.9. The molecule has 0 bridgehead atoms. The van der Waals surface area contributed by atoms with Crippen molar-refractivity contribution in [1.82, 2.24) is 0 Å². The first-order valence-corrected chi connectivity index (χ1v) is 8.61. The average molecular weight is 304 g/mol. The van der Waals surface area contributed by atoms with Gasteiger partial charge in [0.25, 0.3) is 0 Å². The first-order chi connectivity index (χ1) is 10.6. The van der Waals surface area contributed by atoms with E-state index in [1.807, 2.05) is 13.8 Å². The van der Waals surface area contributed by atoms with E-state index in [1.165, 1.54) is 32.1 Å². The third-order valence-corrected chi connectivity index (χ3v) is 4.47. The maximum atomic E-state index is 12.5. The first-order valence-electron chi connectivity index (χ1n) is 8.61. The lowest BCUT2D eigenvalue weighted by Crippen LogP contribution is -2.17. The molecule has 1 atom stereocenters. The zero-order chi connectivity index (χ0) is 15.9. The summed E-state index contributed by atoms with van der Waals surface area (Å²) in [6.45, 7) is 3.84. The Morgan fingerprint density at radius 3 is 2.41 bits per heavy atom. The largest absolute Gasteiger partial charge is 0.508 e. The van der Waals surface area contributed by atoms with Gasteiger partial charge in [0.1, 0.15) is 5.75 Å². The summed E-state index contributed by atoms with van der Waals surface area (Å²) in [4.78, 5) is 12.5. The summed E-state index contributed by atoms with van der Waals surface area (Å²) < 4.78 is 5.62. The van der Waals surface area contributed by atoms with Crippen LogP contribution in [0.4, 0.5) is 0 Å². The van der Waals surface area contributed by atoms with Crippen molar-refractivity contribution in [2.75, 3.05) is 0 Å². The minimum absolute atomic E-state index is 0.0449.